The minimum Gasteiger partial charge on any atom is -0.449 e. The molecule has 0 saturated heterocycles. The predicted molar refractivity (Wildman–Crippen MR) is 131 cm³/mol. The van der Waals surface area contributed by atoms with E-state index < -0.39 is 48.2 Å². The average molecular weight is 575 g/mol. The summed E-state index contributed by atoms with van der Waals surface area (Å²) in [5.74, 6) is 0.533. The Labute approximate surface area is 225 Å². The van der Waals surface area contributed by atoms with Gasteiger partial charge in [0.15, 0.2) is 0 Å². The molecule has 218 valence electrons. The normalized spacial score (nSPS) is 17.6. The van der Waals surface area contributed by atoms with E-state index in [1.165, 1.54) is 21.4 Å². The Morgan fingerprint density at radius 1 is 1.10 bits per heavy atom. The highest BCUT2D eigenvalue weighted by atomic mass is 19.4. The maximum absolute atomic E-state index is 13.6. The number of carbonyl (C=O) groups excluding carboxylic acids is 1. The topological polar surface area (TPSA) is 89.5 Å². The molecule has 2 atom stereocenters. The van der Waals surface area contributed by atoms with Crippen LogP contribution in [0.3, 0.4) is 0 Å². The molecule has 0 bridgehead atoms. The number of anilines is 2. The summed E-state index contributed by atoms with van der Waals surface area (Å²) in [6, 6.07) is 0.323. The summed E-state index contributed by atoms with van der Waals surface area (Å²) in [5.41, 5.74) is -2.05. The fraction of sp³-hybridized carbons (Fsp3) is 0.520. The molecule has 2 aromatic heterocycles. The maximum atomic E-state index is 13.6. The molecule has 15 heteroatoms. The van der Waals surface area contributed by atoms with Crippen molar-refractivity contribution in [3.63, 3.8) is 0 Å². The highest BCUT2D eigenvalue weighted by Crippen LogP contribution is 2.45. The molecular weight excluding hydrogens is 546 g/mol. The summed E-state index contributed by atoms with van der Waals surface area (Å²) in [5, 5.41) is 8.40. The number of halogens is 6. The van der Waals surface area contributed by atoms with Gasteiger partial charge in [0.25, 0.3) is 5.95 Å². The van der Waals surface area contributed by atoms with E-state index in [0.717, 1.165) is 0 Å². The number of aromatic nitrogens is 4. The molecule has 3 aromatic rings. The van der Waals surface area contributed by atoms with Gasteiger partial charge in [-0.15, -0.1) is 0 Å². The van der Waals surface area contributed by atoms with Gasteiger partial charge < -0.3 is 14.2 Å². The van der Waals surface area contributed by atoms with E-state index in [-0.39, 0.29) is 36.5 Å². The monoisotopic (exact) mass is 574 g/mol. The number of rotatable bonds is 6. The Morgan fingerprint density at radius 3 is 2.23 bits per heavy atom. The molecule has 3 heterocycles. The van der Waals surface area contributed by atoms with Gasteiger partial charge in [0.05, 0.1) is 29.5 Å². The molecule has 4 rings (SSSR count). The Hall–Kier alpha value is -3.78. The second-order valence-corrected chi connectivity index (χ2v) is 9.48. The fourth-order valence-corrected chi connectivity index (χ4v) is 5.09. The predicted octanol–water partition coefficient (Wildman–Crippen LogP) is 6.35. The molecule has 9 nitrogen and oxygen atoms in total. The quantitative estimate of drug-likeness (QED) is 0.317. The van der Waals surface area contributed by atoms with Gasteiger partial charge in [0.2, 0.25) is 5.89 Å². The third-order valence-corrected chi connectivity index (χ3v) is 6.75. The Morgan fingerprint density at radius 2 is 1.73 bits per heavy atom. The number of alkyl halides is 6. The summed E-state index contributed by atoms with van der Waals surface area (Å²) < 4.78 is 93.5. The van der Waals surface area contributed by atoms with Gasteiger partial charge in [0, 0.05) is 32.1 Å². The van der Waals surface area contributed by atoms with Crippen LogP contribution in [0.5, 0.6) is 0 Å². The number of ether oxygens (including phenoxy) is 1. The number of hydrogen-bond donors (Lipinski definition) is 0. The van der Waals surface area contributed by atoms with Crippen molar-refractivity contribution in [3.8, 4) is 0 Å². The van der Waals surface area contributed by atoms with Crippen molar-refractivity contribution in [1.82, 2.24) is 19.9 Å². The van der Waals surface area contributed by atoms with Crippen molar-refractivity contribution in [3.05, 3.63) is 52.0 Å². The first-order valence-electron chi connectivity index (χ1n) is 12.5. The zero-order chi connectivity index (χ0) is 29.6. The van der Waals surface area contributed by atoms with Crippen LogP contribution in [-0.2, 0) is 30.7 Å². The second kappa shape index (κ2) is 10.7. The Kier molecular flexibility index (Phi) is 7.78. The molecule has 1 amide bonds. The molecule has 0 radical (unpaired) electrons. The molecule has 0 fully saturated rings. The Balaban J connectivity index is 1.89. The number of benzene rings is 1. The lowest BCUT2D eigenvalue weighted by atomic mass is 9.90. The summed E-state index contributed by atoms with van der Waals surface area (Å²) >= 11 is 0. The van der Waals surface area contributed by atoms with E-state index in [1.54, 1.807) is 20.9 Å². The van der Waals surface area contributed by atoms with Crippen LogP contribution in [0.4, 0.5) is 42.9 Å². The smallest absolute Gasteiger partial charge is 0.416 e. The summed E-state index contributed by atoms with van der Waals surface area (Å²) in [4.78, 5) is 20.2. The van der Waals surface area contributed by atoms with E-state index in [1.807, 2.05) is 6.92 Å². The summed E-state index contributed by atoms with van der Waals surface area (Å²) in [6.45, 7) is 6.46. The van der Waals surface area contributed by atoms with Gasteiger partial charge in [0.1, 0.15) is 5.82 Å². The van der Waals surface area contributed by atoms with Gasteiger partial charge in [-0.3, -0.25) is 9.58 Å². The van der Waals surface area contributed by atoms with Crippen LogP contribution in [0.1, 0.15) is 66.6 Å². The molecule has 0 spiro atoms. The number of aryl methyl sites for hydroxylation is 3. The van der Waals surface area contributed by atoms with Crippen LogP contribution < -0.4 is 9.80 Å². The van der Waals surface area contributed by atoms with Gasteiger partial charge in [-0.05, 0) is 55.6 Å². The fourth-order valence-electron chi connectivity index (χ4n) is 5.09. The zero-order valence-electron chi connectivity index (χ0n) is 22.4. The van der Waals surface area contributed by atoms with Gasteiger partial charge in [-0.1, -0.05) is 6.92 Å². The molecule has 0 aliphatic carbocycles. The number of amides is 1. The molecular formula is C25H28F6N6O3. The van der Waals surface area contributed by atoms with Crippen molar-refractivity contribution in [2.75, 3.05) is 16.4 Å². The average Bonchev–Trinajstić information content (AvgIpc) is 3.42. The van der Waals surface area contributed by atoms with Crippen molar-refractivity contribution in [2.24, 2.45) is 7.05 Å². The SMILES string of the molecule is CCOC(=O)N1c2c(c(C)nn2C)C(N(Cc2cc(C(F)(F)F)cc(C(F)(F)F)c2)c2noc(C)n2)CC1CC. The largest absolute Gasteiger partial charge is 0.449 e. The van der Waals surface area contributed by atoms with E-state index in [9.17, 15) is 31.1 Å². The first kappa shape index (κ1) is 29.2. The van der Waals surface area contributed by atoms with Crippen LogP contribution in [-0.4, -0.2) is 38.7 Å². The molecule has 1 aliphatic rings. The number of carbonyl (C=O) groups is 1. The van der Waals surface area contributed by atoms with Crippen LogP contribution in [0.2, 0.25) is 0 Å². The maximum Gasteiger partial charge on any atom is 0.416 e. The van der Waals surface area contributed by atoms with E-state index in [2.05, 4.69) is 15.2 Å². The van der Waals surface area contributed by atoms with Crippen LogP contribution in [0.15, 0.2) is 22.7 Å². The van der Waals surface area contributed by atoms with Crippen molar-refractivity contribution in [1.29, 1.82) is 0 Å². The highest BCUT2D eigenvalue weighted by molar-refractivity contribution is 5.89. The van der Waals surface area contributed by atoms with Crippen LogP contribution in [0, 0.1) is 13.8 Å². The van der Waals surface area contributed by atoms with E-state index in [0.29, 0.717) is 35.6 Å². The van der Waals surface area contributed by atoms with Gasteiger partial charge >= 0.3 is 18.4 Å². The second-order valence-electron chi connectivity index (χ2n) is 9.48. The van der Waals surface area contributed by atoms with Crippen LogP contribution >= 0.6 is 0 Å². The summed E-state index contributed by atoms with van der Waals surface area (Å²) in [7, 11) is 1.64. The third kappa shape index (κ3) is 5.59. The van der Waals surface area contributed by atoms with Gasteiger partial charge in [-0.2, -0.15) is 36.4 Å². The minimum atomic E-state index is -5.00. The Bertz CT molecular complexity index is 1350. The van der Waals surface area contributed by atoms with Gasteiger partial charge in [-0.25, -0.2) is 4.79 Å². The molecule has 0 saturated carbocycles. The number of hydrogen-bond acceptors (Lipinski definition) is 7. The van der Waals surface area contributed by atoms with Crippen LogP contribution in [0.25, 0.3) is 0 Å². The lowest BCUT2D eigenvalue weighted by molar-refractivity contribution is -0.143. The van der Waals surface area contributed by atoms with E-state index in [4.69, 9.17) is 9.26 Å². The molecule has 1 aliphatic heterocycles. The molecule has 40 heavy (non-hydrogen) atoms. The van der Waals surface area contributed by atoms with Crippen molar-refractivity contribution in [2.45, 2.75) is 71.5 Å². The van der Waals surface area contributed by atoms with Crippen molar-refractivity contribution < 1.29 is 40.4 Å². The highest BCUT2D eigenvalue weighted by Gasteiger charge is 2.44. The number of nitrogens with zero attached hydrogens (tertiary/aromatic N) is 6. The first-order valence-corrected chi connectivity index (χ1v) is 12.5. The third-order valence-electron chi connectivity index (χ3n) is 6.75. The lowest BCUT2D eigenvalue weighted by Crippen LogP contribution is -2.48. The van der Waals surface area contributed by atoms with Crippen molar-refractivity contribution >= 4 is 17.9 Å². The molecule has 0 N–H and O–H groups in total. The standard InChI is InChI=1S/C25H28F6N6O3/c1-6-18-11-19(20-13(3)33-35(5)21(20)37(18)23(38)39-7-2)36(22-32-14(4)40-34-22)12-15-8-16(24(26,27)28)10-17(9-15)25(29,30)31/h8-10,18-19H,6-7,11-12H2,1-5H3. The summed E-state index contributed by atoms with van der Waals surface area (Å²) in [6.07, 6.45) is -9.89. The molecule has 2 unspecified atom stereocenters. The minimum absolute atomic E-state index is 0.0258. The first-order chi connectivity index (χ1) is 18.6. The molecule has 1 aromatic carbocycles. The van der Waals surface area contributed by atoms with E-state index >= 15 is 0 Å². The zero-order valence-corrected chi connectivity index (χ0v) is 22.4. The number of fused-ring (bicyclic) bond motifs is 1. The lowest BCUT2D eigenvalue weighted by Gasteiger charge is -2.42.